The average Bonchev–Trinajstić information content (AvgIpc) is 3.27. The Morgan fingerprint density at radius 1 is 1.30 bits per heavy atom. The Balaban J connectivity index is 1.42. The average molecular weight is 313 g/mol. The third-order valence-corrected chi connectivity index (χ3v) is 4.38. The Labute approximate surface area is 134 Å². The van der Waals surface area contributed by atoms with Crippen LogP contribution in [-0.4, -0.2) is 29.3 Å². The lowest BCUT2D eigenvalue weighted by molar-refractivity contribution is -0.117. The highest BCUT2D eigenvalue weighted by Gasteiger charge is 2.44. The van der Waals surface area contributed by atoms with Crippen LogP contribution in [0.4, 0.5) is 5.82 Å². The van der Waals surface area contributed by atoms with Gasteiger partial charge < -0.3 is 14.8 Å². The molecule has 2 aliphatic rings. The first kappa shape index (κ1) is 14.1. The molecule has 0 bridgehead atoms. The highest BCUT2D eigenvalue weighted by atomic mass is 16.6. The highest BCUT2D eigenvalue weighted by molar-refractivity contribution is 5.94. The topological polar surface area (TPSA) is 76.2 Å². The molecule has 4 rings (SSSR count). The third kappa shape index (κ3) is 2.76. The zero-order valence-corrected chi connectivity index (χ0v) is 13.0. The number of carbonyl (C=O) groups excluding carboxylic acids is 1. The van der Waals surface area contributed by atoms with E-state index >= 15 is 0 Å². The SMILES string of the molecule is CCc1cc(NC(=O)[C@H]2C[C@@H]2c2ccc3c(c2)OCCO3)n[nH]1. The van der Waals surface area contributed by atoms with Crippen molar-refractivity contribution in [3.8, 4) is 11.5 Å². The zero-order valence-electron chi connectivity index (χ0n) is 13.0. The van der Waals surface area contributed by atoms with Gasteiger partial charge in [0, 0.05) is 17.7 Å². The molecule has 0 spiro atoms. The molecule has 1 fully saturated rings. The van der Waals surface area contributed by atoms with E-state index in [-0.39, 0.29) is 17.7 Å². The van der Waals surface area contributed by atoms with Gasteiger partial charge in [-0.25, -0.2) is 0 Å². The summed E-state index contributed by atoms with van der Waals surface area (Å²) >= 11 is 0. The Morgan fingerprint density at radius 3 is 2.91 bits per heavy atom. The fraction of sp³-hybridized carbons (Fsp3) is 0.412. The number of nitrogens with one attached hydrogen (secondary N) is 2. The molecule has 2 aromatic rings. The molecule has 1 saturated carbocycles. The maximum absolute atomic E-state index is 12.3. The fourth-order valence-corrected chi connectivity index (χ4v) is 2.97. The number of H-pyrrole nitrogens is 1. The zero-order chi connectivity index (χ0) is 15.8. The molecular formula is C17H19N3O3. The summed E-state index contributed by atoms with van der Waals surface area (Å²) in [6, 6.07) is 7.82. The van der Waals surface area contributed by atoms with Crippen LogP contribution >= 0.6 is 0 Å². The lowest BCUT2D eigenvalue weighted by atomic mass is 10.1. The van der Waals surface area contributed by atoms with E-state index in [0.29, 0.717) is 19.0 Å². The van der Waals surface area contributed by atoms with Gasteiger partial charge >= 0.3 is 0 Å². The molecule has 1 aromatic carbocycles. The molecule has 2 atom stereocenters. The van der Waals surface area contributed by atoms with Crippen LogP contribution in [0, 0.1) is 5.92 Å². The fourth-order valence-electron chi connectivity index (χ4n) is 2.97. The number of fused-ring (bicyclic) bond motifs is 1. The number of nitrogens with zero attached hydrogens (tertiary/aromatic N) is 1. The summed E-state index contributed by atoms with van der Waals surface area (Å²) in [5.41, 5.74) is 2.14. The Hall–Kier alpha value is -2.50. The number of rotatable bonds is 4. The molecule has 1 aromatic heterocycles. The predicted octanol–water partition coefficient (Wildman–Crippen LogP) is 2.49. The number of aryl methyl sites for hydroxylation is 1. The number of benzene rings is 1. The Morgan fingerprint density at radius 2 is 2.13 bits per heavy atom. The van der Waals surface area contributed by atoms with Crippen molar-refractivity contribution in [1.82, 2.24) is 10.2 Å². The molecule has 23 heavy (non-hydrogen) atoms. The van der Waals surface area contributed by atoms with Crippen molar-refractivity contribution >= 4 is 11.7 Å². The van der Waals surface area contributed by atoms with Gasteiger partial charge in [0.15, 0.2) is 17.3 Å². The van der Waals surface area contributed by atoms with E-state index < -0.39 is 0 Å². The summed E-state index contributed by atoms with van der Waals surface area (Å²) in [6.45, 7) is 3.20. The second kappa shape index (κ2) is 5.61. The molecular weight excluding hydrogens is 294 g/mol. The summed E-state index contributed by atoms with van der Waals surface area (Å²) in [5.74, 6) is 2.43. The molecule has 120 valence electrons. The maximum atomic E-state index is 12.3. The van der Waals surface area contributed by atoms with E-state index in [4.69, 9.17) is 9.47 Å². The molecule has 2 heterocycles. The number of hydrogen-bond donors (Lipinski definition) is 2. The van der Waals surface area contributed by atoms with Gasteiger partial charge in [0.2, 0.25) is 5.91 Å². The number of aromatic nitrogens is 2. The molecule has 0 saturated heterocycles. The minimum absolute atomic E-state index is 0.000615. The summed E-state index contributed by atoms with van der Waals surface area (Å²) in [7, 11) is 0. The van der Waals surface area contributed by atoms with Crippen LogP contribution in [0.15, 0.2) is 24.3 Å². The van der Waals surface area contributed by atoms with E-state index in [2.05, 4.69) is 15.5 Å². The number of ether oxygens (including phenoxy) is 2. The van der Waals surface area contributed by atoms with Crippen molar-refractivity contribution in [2.45, 2.75) is 25.7 Å². The van der Waals surface area contributed by atoms with E-state index in [1.54, 1.807) is 0 Å². The van der Waals surface area contributed by atoms with Crippen molar-refractivity contribution in [3.05, 3.63) is 35.5 Å². The molecule has 0 radical (unpaired) electrons. The Bertz CT molecular complexity index is 740. The number of amides is 1. The predicted molar refractivity (Wildman–Crippen MR) is 84.9 cm³/mol. The molecule has 0 unspecified atom stereocenters. The van der Waals surface area contributed by atoms with Gasteiger partial charge in [-0.1, -0.05) is 13.0 Å². The largest absolute Gasteiger partial charge is 0.486 e. The van der Waals surface area contributed by atoms with Crippen LogP contribution in [0.25, 0.3) is 0 Å². The second-order valence-electron chi connectivity index (χ2n) is 5.97. The van der Waals surface area contributed by atoms with Gasteiger partial charge in [-0.2, -0.15) is 5.10 Å². The number of carbonyl (C=O) groups is 1. The van der Waals surface area contributed by atoms with Crippen LogP contribution < -0.4 is 14.8 Å². The van der Waals surface area contributed by atoms with Crippen molar-refractivity contribution in [2.75, 3.05) is 18.5 Å². The van der Waals surface area contributed by atoms with Crippen LogP contribution in [0.5, 0.6) is 11.5 Å². The van der Waals surface area contributed by atoms with Gasteiger partial charge in [0.05, 0.1) is 0 Å². The van der Waals surface area contributed by atoms with Gasteiger partial charge in [-0.15, -0.1) is 0 Å². The van der Waals surface area contributed by atoms with Crippen molar-refractivity contribution < 1.29 is 14.3 Å². The molecule has 1 amide bonds. The van der Waals surface area contributed by atoms with Crippen molar-refractivity contribution in [1.29, 1.82) is 0 Å². The molecule has 2 N–H and O–H groups in total. The summed E-state index contributed by atoms with van der Waals surface area (Å²) in [4.78, 5) is 12.3. The Kier molecular flexibility index (Phi) is 3.44. The van der Waals surface area contributed by atoms with Crippen LogP contribution in [0.3, 0.4) is 0 Å². The first-order valence-electron chi connectivity index (χ1n) is 7.99. The monoisotopic (exact) mass is 313 g/mol. The number of hydrogen-bond acceptors (Lipinski definition) is 4. The van der Waals surface area contributed by atoms with Crippen molar-refractivity contribution in [3.63, 3.8) is 0 Å². The lowest BCUT2D eigenvalue weighted by Crippen LogP contribution is -2.16. The summed E-state index contributed by atoms with van der Waals surface area (Å²) < 4.78 is 11.1. The van der Waals surface area contributed by atoms with Gasteiger partial charge in [-0.3, -0.25) is 9.89 Å². The molecule has 6 nitrogen and oxygen atoms in total. The quantitative estimate of drug-likeness (QED) is 0.909. The van der Waals surface area contributed by atoms with Crippen molar-refractivity contribution in [2.24, 2.45) is 5.92 Å². The van der Waals surface area contributed by atoms with Crippen LogP contribution in [-0.2, 0) is 11.2 Å². The van der Waals surface area contributed by atoms with Crippen LogP contribution in [0.2, 0.25) is 0 Å². The van der Waals surface area contributed by atoms with Crippen LogP contribution in [0.1, 0.15) is 30.5 Å². The minimum Gasteiger partial charge on any atom is -0.486 e. The van der Waals surface area contributed by atoms with E-state index in [9.17, 15) is 4.79 Å². The minimum atomic E-state index is -0.000615. The first-order chi connectivity index (χ1) is 11.2. The number of aromatic amines is 1. The maximum Gasteiger partial charge on any atom is 0.229 e. The highest BCUT2D eigenvalue weighted by Crippen LogP contribution is 2.49. The van der Waals surface area contributed by atoms with Gasteiger partial charge in [0.25, 0.3) is 0 Å². The lowest BCUT2D eigenvalue weighted by Gasteiger charge is -2.18. The van der Waals surface area contributed by atoms with E-state index in [1.807, 2.05) is 31.2 Å². The van der Waals surface area contributed by atoms with Gasteiger partial charge in [-0.05, 0) is 36.5 Å². The summed E-state index contributed by atoms with van der Waals surface area (Å²) in [6.07, 6.45) is 1.72. The standard InChI is InChI=1S/C17H19N3O3/c1-2-11-8-16(20-19-11)18-17(21)13-9-12(13)10-3-4-14-15(7-10)23-6-5-22-14/h3-4,7-8,12-13H,2,5-6,9H2,1H3,(H2,18,19,20,21)/t12-,13+/m1/s1. The third-order valence-electron chi connectivity index (χ3n) is 4.38. The smallest absolute Gasteiger partial charge is 0.229 e. The van der Waals surface area contributed by atoms with E-state index in [0.717, 1.165) is 35.6 Å². The second-order valence-corrected chi connectivity index (χ2v) is 5.97. The molecule has 6 heteroatoms. The molecule has 1 aliphatic heterocycles. The number of anilines is 1. The van der Waals surface area contributed by atoms with Gasteiger partial charge in [0.1, 0.15) is 13.2 Å². The normalized spacial score (nSPS) is 21.8. The van der Waals surface area contributed by atoms with E-state index in [1.165, 1.54) is 0 Å². The summed E-state index contributed by atoms with van der Waals surface area (Å²) in [5, 5.41) is 9.88. The first-order valence-corrected chi connectivity index (χ1v) is 7.99. The molecule has 1 aliphatic carbocycles.